The summed E-state index contributed by atoms with van der Waals surface area (Å²) in [6.07, 6.45) is 2.10. The monoisotopic (exact) mass is 186 g/mol. The van der Waals surface area contributed by atoms with Crippen molar-refractivity contribution in [1.29, 1.82) is 0 Å². The van der Waals surface area contributed by atoms with Crippen molar-refractivity contribution in [3.05, 3.63) is 11.6 Å². The fourth-order valence-corrected chi connectivity index (χ4v) is 0.908. The van der Waals surface area contributed by atoms with E-state index < -0.39 is 6.10 Å². The number of carbonyl (C=O) groups excluding carboxylic acids is 1. The maximum atomic E-state index is 11.1. The highest BCUT2D eigenvalue weighted by Crippen LogP contribution is 2.04. The Morgan fingerprint density at radius 3 is 2.46 bits per heavy atom. The number of ether oxygens (including phenoxy) is 2. The van der Waals surface area contributed by atoms with E-state index in [1.165, 1.54) is 12.7 Å². The van der Waals surface area contributed by atoms with E-state index in [-0.39, 0.29) is 5.97 Å². The van der Waals surface area contributed by atoms with Gasteiger partial charge in [0.25, 0.3) is 0 Å². The van der Waals surface area contributed by atoms with Gasteiger partial charge in [0, 0.05) is 13.0 Å². The number of hydrogen-bond acceptors (Lipinski definition) is 3. The number of rotatable bonds is 5. The van der Waals surface area contributed by atoms with Gasteiger partial charge in [0.2, 0.25) is 0 Å². The maximum absolute atomic E-state index is 11.1. The van der Waals surface area contributed by atoms with Crippen molar-refractivity contribution in [3.63, 3.8) is 0 Å². The summed E-state index contributed by atoms with van der Waals surface area (Å²) < 4.78 is 9.83. The van der Waals surface area contributed by atoms with Crippen molar-refractivity contribution in [2.24, 2.45) is 0 Å². The average molecular weight is 186 g/mol. The van der Waals surface area contributed by atoms with Gasteiger partial charge < -0.3 is 9.47 Å². The molecule has 76 valence electrons. The predicted octanol–water partition coefficient (Wildman–Crippen LogP) is 1.92. The summed E-state index contributed by atoms with van der Waals surface area (Å²) in [5, 5.41) is 0. The lowest BCUT2D eigenvalue weighted by Crippen LogP contribution is -2.25. The van der Waals surface area contributed by atoms with Crippen molar-refractivity contribution >= 4 is 5.97 Å². The summed E-state index contributed by atoms with van der Waals surface area (Å²) in [6, 6.07) is 0. The van der Waals surface area contributed by atoms with E-state index >= 15 is 0 Å². The van der Waals surface area contributed by atoms with E-state index in [2.05, 4.69) is 4.74 Å². The van der Waals surface area contributed by atoms with Crippen LogP contribution in [0.15, 0.2) is 11.6 Å². The van der Waals surface area contributed by atoms with Crippen LogP contribution in [0.1, 0.15) is 27.2 Å². The van der Waals surface area contributed by atoms with E-state index in [4.69, 9.17) is 4.74 Å². The van der Waals surface area contributed by atoms with E-state index in [0.717, 1.165) is 0 Å². The Kier molecular flexibility index (Phi) is 6.24. The van der Waals surface area contributed by atoms with E-state index in [9.17, 15) is 4.79 Å². The Balaban J connectivity index is 4.09. The fraction of sp³-hybridized carbons (Fsp3) is 0.700. The first kappa shape index (κ1) is 12.2. The molecule has 0 spiro atoms. The second kappa shape index (κ2) is 6.66. The molecule has 0 fully saturated rings. The normalized spacial score (nSPS) is 12.0. The molecule has 0 unspecified atom stereocenters. The summed E-state index contributed by atoms with van der Waals surface area (Å²) in [7, 11) is 1.37. The minimum Gasteiger partial charge on any atom is -0.467 e. The Bertz CT molecular complexity index is 181. The van der Waals surface area contributed by atoms with Crippen LogP contribution >= 0.6 is 0 Å². The van der Waals surface area contributed by atoms with Crippen LogP contribution in [0.5, 0.6) is 0 Å². The molecule has 0 aromatic rings. The molecule has 0 saturated heterocycles. The number of carbonyl (C=O) groups is 1. The predicted molar refractivity (Wildman–Crippen MR) is 51.5 cm³/mol. The summed E-state index contributed by atoms with van der Waals surface area (Å²) in [5.41, 5.74) is 1.17. The third-order valence-corrected chi connectivity index (χ3v) is 1.57. The first-order valence-corrected chi connectivity index (χ1v) is 4.44. The van der Waals surface area contributed by atoms with Crippen LogP contribution < -0.4 is 0 Å². The molecule has 3 heteroatoms. The molecule has 0 aromatic heterocycles. The zero-order chi connectivity index (χ0) is 10.3. The molecule has 0 aromatic carbocycles. The topological polar surface area (TPSA) is 35.5 Å². The molecular weight excluding hydrogens is 168 g/mol. The molecule has 0 N–H and O–H groups in total. The lowest BCUT2D eigenvalue weighted by molar-refractivity contribution is -0.153. The lowest BCUT2D eigenvalue weighted by Gasteiger charge is -2.12. The second-order valence-electron chi connectivity index (χ2n) is 2.98. The van der Waals surface area contributed by atoms with Crippen molar-refractivity contribution in [2.45, 2.75) is 33.3 Å². The third kappa shape index (κ3) is 5.42. The molecule has 0 aliphatic rings. The zero-order valence-corrected chi connectivity index (χ0v) is 8.79. The van der Waals surface area contributed by atoms with Gasteiger partial charge in [-0.25, -0.2) is 4.79 Å². The largest absolute Gasteiger partial charge is 0.467 e. The van der Waals surface area contributed by atoms with Gasteiger partial charge in [-0.1, -0.05) is 11.6 Å². The summed E-state index contributed by atoms with van der Waals surface area (Å²) in [5.74, 6) is -0.306. The van der Waals surface area contributed by atoms with Crippen LogP contribution in [0.25, 0.3) is 0 Å². The quantitative estimate of drug-likeness (QED) is 0.486. The molecule has 0 radical (unpaired) electrons. The number of allylic oxidation sites excluding steroid dienone is 1. The van der Waals surface area contributed by atoms with Gasteiger partial charge in [-0.15, -0.1) is 0 Å². The van der Waals surface area contributed by atoms with Gasteiger partial charge in [0.05, 0.1) is 7.11 Å². The summed E-state index contributed by atoms with van der Waals surface area (Å²) >= 11 is 0. The lowest BCUT2D eigenvalue weighted by atomic mass is 10.2. The van der Waals surface area contributed by atoms with Crippen LogP contribution in [0.4, 0.5) is 0 Å². The highest BCUT2D eigenvalue weighted by molar-refractivity contribution is 5.74. The Labute approximate surface area is 79.7 Å². The standard InChI is InChI=1S/C10H18O3/c1-5-13-9(10(11)12-4)7-6-8(2)3/h6,9H,5,7H2,1-4H3/t9-/m0/s1. The summed E-state index contributed by atoms with van der Waals surface area (Å²) in [6.45, 7) is 6.36. The van der Waals surface area contributed by atoms with Gasteiger partial charge in [-0.2, -0.15) is 0 Å². The average Bonchev–Trinajstić information content (AvgIpc) is 2.10. The molecule has 0 rings (SSSR count). The van der Waals surface area contributed by atoms with Crippen molar-refractivity contribution in [2.75, 3.05) is 13.7 Å². The highest BCUT2D eigenvalue weighted by atomic mass is 16.6. The first-order chi connectivity index (χ1) is 6.11. The second-order valence-corrected chi connectivity index (χ2v) is 2.98. The van der Waals surface area contributed by atoms with Gasteiger partial charge in [-0.05, 0) is 20.8 Å². The molecule has 3 nitrogen and oxygen atoms in total. The van der Waals surface area contributed by atoms with E-state index in [1.807, 2.05) is 26.8 Å². The van der Waals surface area contributed by atoms with Crippen molar-refractivity contribution in [1.82, 2.24) is 0 Å². The minimum atomic E-state index is -0.454. The maximum Gasteiger partial charge on any atom is 0.335 e. The van der Waals surface area contributed by atoms with Gasteiger partial charge in [-0.3, -0.25) is 0 Å². The van der Waals surface area contributed by atoms with Crippen LogP contribution in [0.3, 0.4) is 0 Å². The van der Waals surface area contributed by atoms with Gasteiger partial charge in [0.1, 0.15) is 0 Å². The first-order valence-electron chi connectivity index (χ1n) is 4.44. The van der Waals surface area contributed by atoms with Crippen LogP contribution in [0.2, 0.25) is 0 Å². The van der Waals surface area contributed by atoms with Gasteiger partial charge >= 0.3 is 5.97 Å². The minimum absolute atomic E-state index is 0.306. The molecule has 0 saturated carbocycles. The van der Waals surface area contributed by atoms with Crippen LogP contribution in [0, 0.1) is 0 Å². The highest BCUT2D eigenvalue weighted by Gasteiger charge is 2.17. The molecule has 0 amide bonds. The van der Waals surface area contributed by atoms with Crippen LogP contribution in [-0.2, 0) is 14.3 Å². The molecule has 0 bridgehead atoms. The number of esters is 1. The molecule has 1 atom stereocenters. The van der Waals surface area contributed by atoms with E-state index in [0.29, 0.717) is 13.0 Å². The van der Waals surface area contributed by atoms with E-state index in [1.54, 1.807) is 0 Å². The molecular formula is C10H18O3. The summed E-state index contributed by atoms with van der Waals surface area (Å²) in [4.78, 5) is 11.1. The molecule has 0 aliphatic carbocycles. The third-order valence-electron chi connectivity index (χ3n) is 1.57. The van der Waals surface area contributed by atoms with Gasteiger partial charge in [0.15, 0.2) is 6.10 Å². The zero-order valence-electron chi connectivity index (χ0n) is 8.79. The Hall–Kier alpha value is -0.830. The SMILES string of the molecule is CCO[C@@H](CC=C(C)C)C(=O)OC. The Morgan fingerprint density at radius 2 is 2.08 bits per heavy atom. The smallest absolute Gasteiger partial charge is 0.335 e. The Morgan fingerprint density at radius 1 is 1.46 bits per heavy atom. The fourth-order valence-electron chi connectivity index (χ4n) is 0.908. The van der Waals surface area contributed by atoms with Crippen LogP contribution in [-0.4, -0.2) is 25.8 Å². The molecule has 13 heavy (non-hydrogen) atoms. The van der Waals surface area contributed by atoms with Crippen molar-refractivity contribution < 1.29 is 14.3 Å². The molecule has 0 aliphatic heterocycles. The number of hydrogen-bond donors (Lipinski definition) is 0. The van der Waals surface area contributed by atoms with Crippen molar-refractivity contribution in [3.8, 4) is 0 Å². The molecule has 0 heterocycles. The number of methoxy groups -OCH3 is 1.